The van der Waals surface area contributed by atoms with Crippen LogP contribution in [-0.4, -0.2) is 27.3 Å². The molecule has 1 unspecified atom stereocenters. The Morgan fingerprint density at radius 3 is 3.06 bits per heavy atom. The van der Waals surface area contributed by atoms with Gasteiger partial charge in [-0.05, 0) is 31.9 Å². The van der Waals surface area contributed by atoms with Crippen molar-refractivity contribution in [2.45, 2.75) is 44.9 Å². The predicted molar refractivity (Wildman–Crippen MR) is 75.6 cm³/mol. The monoisotopic (exact) mass is 254 g/mol. The molecule has 0 radical (unpaired) electrons. The lowest BCUT2D eigenvalue weighted by Crippen LogP contribution is -2.17. The maximum atomic E-state index is 6.07. The van der Waals surface area contributed by atoms with Crippen LogP contribution in [0.1, 0.15) is 31.9 Å². The molecule has 2 rings (SSSR count). The highest BCUT2D eigenvalue weighted by atomic mass is 32.2. The fourth-order valence-electron chi connectivity index (χ4n) is 2.17. The van der Waals surface area contributed by atoms with E-state index >= 15 is 0 Å². The van der Waals surface area contributed by atoms with Crippen molar-refractivity contribution in [1.29, 1.82) is 0 Å². The SMILES string of the molecule is CCCn1nc(C)c(N)c1NCC1CCCS1. The Bertz CT molecular complexity index is 369. The van der Waals surface area contributed by atoms with E-state index < -0.39 is 0 Å². The van der Waals surface area contributed by atoms with Crippen molar-refractivity contribution in [3.05, 3.63) is 5.69 Å². The van der Waals surface area contributed by atoms with Crippen LogP contribution in [0.2, 0.25) is 0 Å². The van der Waals surface area contributed by atoms with Crippen LogP contribution < -0.4 is 11.1 Å². The molecule has 1 saturated heterocycles. The summed E-state index contributed by atoms with van der Waals surface area (Å²) in [6.07, 6.45) is 3.74. The quantitative estimate of drug-likeness (QED) is 0.847. The highest BCUT2D eigenvalue weighted by molar-refractivity contribution is 8.00. The van der Waals surface area contributed by atoms with Gasteiger partial charge in [0.15, 0.2) is 0 Å². The number of nitrogens with one attached hydrogen (secondary N) is 1. The first-order valence-electron chi connectivity index (χ1n) is 6.40. The van der Waals surface area contributed by atoms with Crippen LogP contribution in [0.25, 0.3) is 0 Å². The number of hydrogen-bond acceptors (Lipinski definition) is 4. The first-order chi connectivity index (χ1) is 8.22. The minimum atomic E-state index is 0.736. The third-order valence-corrected chi connectivity index (χ3v) is 4.53. The van der Waals surface area contributed by atoms with Crippen molar-refractivity contribution in [3.8, 4) is 0 Å². The molecule has 2 heterocycles. The third kappa shape index (κ3) is 2.89. The highest BCUT2D eigenvalue weighted by Crippen LogP contribution is 2.28. The Morgan fingerprint density at radius 1 is 1.59 bits per heavy atom. The minimum Gasteiger partial charge on any atom is -0.394 e. The van der Waals surface area contributed by atoms with Crippen LogP contribution in [-0.2, 0) is 6.54 Å². The van der Waals surface area contributed by atoms with Crippen LogP contribution in [0.15, 0.2) is 0 Å². The Hall–Kier alpha value is -0.840. The molecule has 1 aliphatic heterocycles. The molecule has 1 fully saturated rings. The average molecular weight is 254 g/mol. The van der Waals surface area contributed by atoms with E-state index in [1.54, 1.807) is 0 Å². The number of nitrogen functional groups attached to an aromatic ring is 1. The second-order valence-electron chi connectivity index (χ2n) is 4.59. The average Bonchev–Trinajstić information content (AvgIpc) is 2.89. The molecule has 1 atom stereocenters. The molecule has 1 aromatic heterocycles. The number of aryl methyl sites for hydroxylation is 2. The zero-order valence-electron chi connectivity index (χ0n) is 10.7. The molecular formula is C12H22N4S. The summed E-state index contributed by atoms with van der Waals surface area (Å²) in [6.45, 7) is 6.06. The molecule has 5 heteroatoms. The molecule has 1 aromatic rings. The minimum absolute atomic E-state index is 0.736. The van der Waals surface area contributed by atoms with Gasteiger partial charge in [0.1, 0.15) is 5.82 Å². The number of anilines is 2. The smallest absolute Gasteiger partial charge is 0.148 e. The zero-order valence-corrected chi connectivity index (χ0v) is 11.5. The molecule has 1 aliphatic rings. The number of nitrogens with zero attached hydrogens (tertiary/aromatic N) is 2. The van der Waals surface area contributed by atoms with Crippen molar-refractivity contribution < 1.29 is 0 Å². The molecule has 0 spiro atoms. The maximum Gasteiger partial charge on any atom is 0.148 e. The second-order valence-corrected chi connectivity index (χ2v) is 6.00. The first kappa shape index (κ1) is 12.6. The standard InChI is InChI=1S/C12H22N4S/c1-3-6-16-12(11(13)9(2)15-16)14-8-10-5-4-7-17-10/h10,14H,3-8,13H2,1-2H3. The summed E-state index contributed by atoms with van der Waals surface area (Å²) in [6, 6.07) is 0. The van der Waals surface area contributed by atoms with Crippen molar-refractivity contribution in [3.63, 3.8) is 0 Å². The number of hydrogen-bond donors (Lipinski definition) is 2. The molecule has 0 aliphatic carbocycles. The molecule has 0 saturated carbocycles. The van der Waals surface area contributed by atoms with E-state index in [0.717, 1.165) is 42.0 Å². The summed E-state index contributed by atoms with van der Waals surface area (Å²) in [4.78, 5) is 0. The maximum absolute atomic E-state index is 6.07. The predicted octanol–water partition coefficient (Wildman–Crippen LogP) is 2.49. The molecule has 0 bridgehead atoms. The van der Waals surface area contributed by atoms with Gasteiger partial charge in [-0.2, -0.15) is 16.9 Å². The van der Waals surface area contributed by atoms with Crippen molar-refractivity contribution >= 4 is 23.3 Å². The van der Waals surface area contributed by atoms with Gasteiger partial charge in [0.05, 0.1) is 11.4 Å². The van der Waals surface area contributed by atoms with Gasteiger partial charge in [-0.25, -0.2) is 4.68 Å². The van der Waals surface area contributed by atoms with Gasteiger partial charge >= 0.3 is 0 Å². The van der Waals surface area contributed by atoms with Gasteiger partial charge in [0, 0.05) is 18.3 Å². The molecule has 3 N–H and O–H groups in total. The van der Waals surface area contributed by atoms with Crippen LogP contribution in [0.5, 0.6) is 0 Å². The van der Waals surface area contributed by atoms with E-state index in [0.29, 0.717) is 0 Å². The summed E-state index contributed by atoms with van der Waals surface area (Å²) < 4.78 is 2.00. The molecular weight excluding hydrogens is 232 g/mol. The first-order valence-corrected chi connectivity index (χ1v) is 7.45. The summed E-state index contributed by atoms with van der Waals surface area (Å²) in [5.41, 5.74) is 7.80. The van der Waals surface area contributed by atoms with Crippen molar-refractivity contribution in [2.24, 2.45) is 0 Å². The summed E-state index contributed by atoms with van der Waals surface area (Å²) >= 11 is 2.06. The fourth-order valence-corrected chi connectivity index (χ4v) is 3.37. The third-order valence-electron chi connectivity index (χ3n) is 3.13. The summed E-state index contributed by atoms with van der Waals surface area (Å²) in [5, 5.41) is 8.69. The summed E-state index contributed by atoms with van der Waals surface area (Å²) in [5.74, 6) is 2.31. The van der Waals surface area contributed by atoms with E-state index in [1.807, 2.05) is 11.6 Å². The molecule has 96 valence electrons. The van der Waals surface area contributed by atoms with Gasteiger partial charge in [-0.15, -0.1) is 0 Å². The summed E-state index contributed by atoms with van der Waals surface area (Å²) in [7, 11) is 0. The zero-order chi connectivity index (χ0) is 12.3. The van der Waals surface area contributed by atoms with Crippen LogP contribution in [0.4, 0.5) is 11.5 Å². The normalized spacial score (nSPS) is 19.8. The number of thioether (sulfide) groups is 1. The Labute approximate surface area is 107 Å². The lowest BCUT2D eigenvalue weighted by atomic mass is 10.2. The van der Waals surface area contributed by atoms with Gasteiger partial charge in [-0.3, -0.25) is 0 Å². The van der Waals surface area contributed by atoms with Gasteiger partial charge in [-0.1, -0.05) is 6.92 Å². The van der Waals surface area contributed by atoms with Gasteiger partial charge in [0.25, 0.3) is 0 Å². The Balaban J connectivity index is 2.02. The molecule has 17 heavy (non-hydrogen) atoms. The topological polar surface area (TPSA) is 55.9 Å². The largest absolute Gasteiger partial charge is 0.394 e. The van der Waals surface area contributed by atoms with Crippen molar-refractivity contribution in [1.82, 2.24) is 9.78 Å². The van der Waals surface area contributed by atoms with E-state index in [4.69, 9.17) is 5.73 Å². The number of nitrogens with two attached hydrogens (primary N) is 1. The number of rotatable bonds is 5. The molecule has 0 aromatic carbocycles. The van der Waals surface area contributed by atoms with Crippen molar-refractivity contribution in [2.75, 3.05) is 23.3 Å². The number of aromatic nitrogens is 2. The highest BCUT2D eigenvalue weighted by Gasteiger charge is 2.17. The van der Waals surface area contributed by atoms with E-state index in [1.165, 1.54) is 18.6 Å². The lowest BCUT2D eigenvalue weighted by Gasteiger charge is -2.13. The van der Waals surface area contributed by atoms with Gasteiger partial charge in [0.2, 0.25) is 0 Å². The molecule has 0 amide bonds. The van der Waals surface area contributed by atoms with Crippen LogP contribution in [0, 0.1) is 6.92 Å². The Morgan fingerprint density at radius 2 is 2.41 bits per heavy atom. The van der Waals surface area contributed by atoms with E-state index in [9.17, 15) is 0 Å². The lowest BCUT2D eigenvalue weighted by molar-refractivity contribution is 0.602. The van der Waals surface area contributed by atoms with Crippen LogP contribution in [0.3, 0.4) is 0 Å². The second kappa shape index (κ2) is 5.67. The fraction of sp³-hybridized carbons (Fsp3) is 0.750. The Kier molecular flexibility index (Phi) is 4.20. The van der Waals surface area contributed by atoms with Crippen LogP contribution >= 0.6 is 11.8 Å². The molecule has 4 nitrogen and oxygen atoms in total. The van der Waals surface area contributed by atoms with Gasteiger partial charge < -0.3 is 11.1 Å². The van der Waals surface area contributed by atoms with E-state index in [2.05, 4.69) is 29.1 Å². The van der Waals surface area contributed by atoms with E-state index in [-0.39, 0.29) is 0 Å².